The minimum atomic E-state index is 0.461. The molecule has 1 aliphatic rings. The third-order valence-corrected chi connectivity index (χ3v) is 5.54. The molecular weight excluding hydrogens is 326 g/mol. The van der Waals surface area contributed by atoms with Gasteiger partial charge in [-0.05, 0) is 58.8 Å². The van der Waals surface area contributed by atoms with Gasteiger partial charge in [0.25, 0.3) is 0 Å². The zero-order chi connectivity index (χ0) is 15.0. The van der Waals surface area contributed by atoms with E-state index in [1.54, 1.807) is 0 Å². The molecule has 0 aliphatic carbocycles. The van der Waals surface area contributed by atoms with Crippen LogP contribution in [-0.4, -0.2) is 18.1 Å². The van der Waals surface area contributed by atoms with E-state index in [1.165, 1.54) is 24.9 Å². The van der Waals surface area contributed by atoms with Gasteiger partial charge in [-0.1, -0.05) is 13.8 Å². The molecule has 3 nitrogen and oxygen atoms in total. The molecule has 0 unspecified atom stereocenters. The molecule has 1 fully saturated rings. The summed E-state index contributed by atoms with van der Waals surface area (Å²) in [6.45, 7) is 6.85. The average molecular weight is 348 g/mol. The van der Waals surface area contributed by atoms with Crippen LogP contribution in [0.2, 0.25) is 0 Å². The minimum absolute atomic E-state index is 0.461. The smallest absolute Gasteiger partial charge is 0.0956 e. The number of hydrogen-bond donors (Lipinski definition) is 1. The monoisotopic (exact) mass is 347 g/mol. The first kappa shape index (κ1) is 14.6. The molecule has 2 N–H and O–H groups in total. The summed E-state index contributed by atoms with van der Waals surface area (Å²) in [5.41, 5.74) is 9.60. The van der Waals surface area contributed by atoms with Crippen molar-refractivity contribution in [2.45, 2.75) is 33.1 Å². The Morgan fingerprint density at radius 1 is 1.33 bits per heavy atom. The topological polar surface area (TPSA) is 42.1 Å². The van der Waals surface area contributed by atoms with Gasteiger partial charge < -0.3 is 10.6 Å². The van der Waals surface area contributed by atoms with Gasteiger partial charge in [-0.3, -0.25) is 4.98 Å². The van der Waals surface area contributed by atoms with Crippen molar-refractivity contribution in [1.82, 2.24) is 4.98 Å². The maximum absolute atomic E-state index is 6.12. The molecule has 1 aromatic carbocycles. The standard InChI is InChI=1S/C17H22BrN3/c1-3-17(4-2)7-8-21(11-17)15-6-5-14(19)13-9-12(18)10-20-16(13)15/h5-6,9-10H,3-4,7-8,11,19H2,1-2H3. The number of aromatic nitrogens is 1. The molecule has 1 aromatic heterocycles. The van der Waals surface area contributed by atoms with Crippen LogP contribution in [0.5, 0.6) is 0 Å². The van der Waals surface area contributed by atoms with Crippen molar-refractivity contribution in [3.8, 4) is 0 Å². The third kappa shape index (κ3) is 2.50. The highest BCUT2D eigenvalue weighted by Gasteiger charge is 2.35. The van der Waals surface area contributed by atoms with Crippen molar-refractivity contribution in [3.05, 3.63) is 28.9 Å². The van der Waals surface area contributed by atoms with E-state index in [1.807, 2.05) is 12.3 Å². The Labute approximate surface area is 134 Å². The van der Waals surface area contributed by atoms with Crippen molar-refractivity contribution in [2.24, 2.45) is 5.41 Å². The molecule has 2 heterocycles. The molecule has 0 spiro atoms. The number of halogens is 1. The van der Waals surface area contributed by atoms with Gasteiger partial charge in [-0.2, -0.15) is 0 Å². The third-order valence-electron chi connectivity index (χ3n) is 5.11. The van der Waals surface area contributed by atoms with Gasteiger partial charge in [0, 0.05) is 34.8 Å². The second kappa shape index (κ2) is 5.48. The van der Waals surface area contributed by atoms with E-state index >= 15 is 0 Å². The largest absolute Gasteiger partial charge is 0.398 e. The van der Waals surface area contributed by atoms with E-state index < -0.39 is 0 Å². The van der Waals surface area contributed by atoms with Crippen LogP contribution < -0.4 is 10.6 Å². The summed E-state index contributed by atoms with van der Waals surface area (Å²) in [5, 5.41) is 1.03. The van der Waals surface area contributed by atoms with Crippen LogP contribution in [0, 0.1) is 5.41 Å². The molecule has 112 valence electrons. The van der Waals surface area contributed by atoms with Gasteiger partial charge in [0.1, 0.15) is 0 Å². The highest BCUT2D eigenvalue weighted by atomic mass is 79.9. The Hall–Kier alpha value is -1.29. The lowest BCUT2D eigenvalue weighted by atomic mass is 9.82. The SMILES string of the molecule is CCC1(CC)CCN(c2ccc(N)c3cc(Br)cnc23)C1. The number of anilines is 2. The second-order valence-electron chi connectivity index (χ2n) is 6.10. The number of rotatable bonds is 3. The predicted molar refractivity (Wildman–Crippen MR) is 93.7 cm³/mol. The first-order chi connectivity index (χ1) is 10.1. The molecule has 0 bridgehead atoms. The molecule has 0 saturated carbocycles. The highest BCUT2D eigenvalue weighted by Crippen LogP contribution is 2.41. The number of hydrogen-bond acceptors (Lipinski definition) is 3. The van der Waals surface area contributed by atoms with Crippen molar-refractivity contribution < 1.29 is 0 Å². The van der Waals surface area contributed by atoms with Crippen LogP contribution in [0.3, 0.4) is 0 Å². The fourth-order valence-corrected chi connectivity index (χ4v) is 3.76. The number of benzene rings is 1. The molecular formula is C17H22BrN3. The molecule has 0 radical (unpaired) electrons. The summed E-state index contributed by atoms with van der Waals surface area (Å²) < 4.78 is 0.969. The summed E-state index contributed by atoms with van der Waals surface area (Å²) in [4.78, 5) is 7.10. The van der Waals surface area contributed by atoms with Crippen molar-refractivity contribution in [2.75, 3.05) is 23.7 Å². The Morgan fingerprint density at radius 3 is 2.76 bits per heavy atom. The van der Waals surface area contributed by atoms with Crippen LogP contribution in [0.15, 0.2) is 28.9 Å². The van der Waals surface area contributed by atoms with Crippen LogP contribution in [0.1, 0.15) is 33.1 Å². The molecule has 2 aromatic rings. The number of nitrogen functional groups attached to an aromatic ring is 1. The van der Waals surface area contributed by atoms with Gasteiger partial charge in [0.05, 0.1) is 11.2 Å². The van der Waals surface area contributed by atoms with Crippen LogP contribution in [-0.2, 0) is 0 Å². The number of nitrogens with zero attached hydrogens (tertiary/aromatic N) is 2. The lowest BCUT2D eigenvalue weighted by molar-refractivity contribution is 0.301. The first-order valence-electron chi connectivity index (χ1n) is 7.67. The average Bonchev–Trinajstić information content (AvgIpc) is 2.93. The zero-order valence-electron chi connectivity index (χ0n) is 12.7. The fraction of sp³-hybridized carbons (Fsp3) is 0.471. The summed E-state index contributed by atoms with van der Waals surface area (Å²) in [5.74, 6) is 0. The lowest BCUT2D eigenvalue weighted by Gasteiger charge is -2.27. The van der Waals surface area contributed by atoms with E-state index in [0.717, 1.165) is 34.2 Å². The second-order valence-corrected chi connectivity index (χ2v) is 7.02. The molecule has 0 atom stereocenters. The number of pyridine rings is 1. The predicted octanol–water partition coefficient (Wildman–Crippen LogP) is 4.60. The molecule has 0 amide bonds. The van der Waals surface area contributed by atoms with Crippen LogP contribution >= 0.6 is 15.9 Å². The van der Waals surface area contributed by atoms with E-state index in [-0.39, 0.29) is 0 Å². The maximum atomic E-state index is 6.12. The van der Waals surface area contributed by atoms with Gasteiger partial charge >= 0.3 is 0 Å². The molecule has 4 heteroatoms. The van der Waals surface area contributed by atoms with Crippen LogP contribution in [0.4, 0.5) is 11.4 Å². The quantitative estimate of drug-likeness (QED) is 0.825. The molecule has 21 heavy (non-hydrogen) atoms. The summed E-state index contributed by atoms with van der Waals surface area (Å²) in [6.07, 6.45) is 5.61. The van der Waals surface area contributed by atoms with Gasteiger partial charge in [0.2, 0.25) is 0 Å². The highest BCUT2D eigenvalue weighted by molar-refractivity contribution is 9.10. The van der Waals surface area contributed by atoms with E-state index in [0.29, 0.717) is 5.41 Å². The normalized spacial score (nSPS) is 17.6. The Bertz CT molecular complexity index is 664. The van der Waals surface area contributed by atoms with E-state index in [4.69, 9.17) is 5.73 Å². The first-order valence-corrected chi connectivity index (χ1v) is 8.46. The summed E-state index contributed by atoms with van der Waals surface area (Å²) in [6, 6.07) is 6.19. The van der Waals surface area contributed by atoms with Gasteiger partial charge in [-0.15, -0.1) is 0 Å². The fourth-order valence-electron chi connectivity index (χ4n) is 3.42. The van der Waals surface area contributed by atoms with Crippen molar-refractivity contribution in [3.63, 3.8) is 0 Å². The van der Waals surface area contributed by atoms with Crippen molar-refractivity contribution >= 4 is 38.2 Å². The van der Waals surface area contributed by atoms with Gasteiger partial charge in [-0.25, -0.2) is 0 Å². The van der Waals surface area contributed by atoms with E-state index in [2.05, 4.69) is 51.8 Å². The maximum Gasteiger partial charge on any atom is 0.0956 e. The molecule has 3 rings (SSSR count). The zero-order valence-corrected chi connectivity index (χ0v) is 14.3. The van der Waals surface area contributed by atoms with Gasteiger partial charge in [0.15, 0.2) is 0 Å². The number of nitrogens with two attached hydrogens (primary N) is 1. The van der Waals surface area contributed by atoms with E-state index in [9.17, 15) is 0 Å². The molecule has 1 saturated heterocycles. The Morgan fingerprint density at radius 2 is 2.10 bits per heavy atom. The lowest BCUT2D eigenvalue weighted by Crippen LogP contribution is -2.26. The Balaban J connectivity index is 2.04. The Kier molecular flexibility index (Phi) is 3.82. The minimum Gasteiger partial charge on any atom is -0.398 e. The van der Waals surface area contributed by atoms with Crippen LogP contribution in [0.25, 0.3) is 10.9 Å². The summed E-state index contributed by atoms with van der Waals surface area (Å²) >= 11 is 3.48. The summed E-state index contributed by atoms with van der Waals surface area (Å²) in [7, 11) is 0. The van der Waals surface area contributed by atoms with Crippen molar-refractivity contribution in [1.29, 1.82) is 0 Å². The number of fused-ring (bicyclic) bond motifs is 1. The molecule has 1 aliphatic heterocycles.